The van der Waals surface area contributed by atoms with Crippen molar-refractivity contribution >= 4 is 40.1 Å². The lowest BCUT2D eigenvalue weighted by atomic mass is 9.90. The van der Waals surface area contributed by atoms with Crippen LogP contribution in [0.5, 0.6) is 0 Å². The van der Waals surface area contributed by atoms with Gasteiger partial charge >= 0.3 is 5.97 Å². The molecule has 1 aromatic carbocycles. The fourth-order valence-electron chi connectivity index (χ4n) is 5.55. The molecule has 39 heavy (non-hydrogen) atoms. The van der Waals surface area contributed by atoms with Crippen molar-refractivity contribution in [3.8, 4) is 22.4 Å². The Morgan fingerprint density at radius 1 is 1.21 bits per heavy atom. The van der Waals surface area contributed by atoms with Gasteiger partial charge in [0.1, 0.15) is 17.3 Å². The summed E-state index contributed by atoms with van der Waals surface area (Å²) in [5, 5.41) is 8.76. The predicted molar refractivity (Wildman–Crippen MR) is 144 cm³/mol. The Balaban J connectivity index is 1.46. The van der Waals surface area contributed by atoms with Crippen LogP contribution >= 0.6 is 11.3 Å². The fraction of sp³-hybridized carbons (Fsp3) is 0.393. The first-order chi connectivity index (χ1) is 18.6. The van der Waals surface area contributed by atoms with Crippen LogP contribution in [-0.2, 0) is 20.8 Å². The minimum Gasteiger partial charge on any atom is -0.481 e. The Morgan fingerprint density at radius 2 is 1.95 bits per heavy atom. The summed E-state index contributed by atoms with van der Waals surface area (Å²) in [6.45, 7) is 0. The number of carboxylic acid groups (broad SMARTS) is 1. The molecule has 0 bridgehead atoms. The number of halogens is 2. The van der Waals surface area contributed by atoms with Gasteiger partial charge in [-0.1, -0.05) is 43.1 Å². The molecular formula is C28H28F2N4O4S. The number of carboxylic acids is 1. The number of likely N-dealkylation sites (N-methyl/N-ethyl adjacent to an activating group) is 1. The molecular weight excluding hydrogens is 526 g/mol. The van der Waals surface area contributed by atoms with Crippen LogP contribution in [0.25, 0.3) is 22.4 Å². The van der Waals surface area contributed by atoms with Crippen LogP contribution < -0.4 is 9.80 Å². The predicted octanol–water partition coefficient (Wildman–Crippen LogP) is 5.30. The van der Waals surface area contributed by atoms with Crippen molar-refractivity contribution in [1.82, 2.24) is 9.97 Å². The third-order valence-electron chi connectivity index (χ3n) is 7.58. The molecule has 11 heteroatoms. The lowest BCUT2D eigenvalue weighted by Gasteiger charge is -2.23. The van der Waals surface area contributed by atoms with Gasteiger partial charge in [0.25, 0.3) is 0 Å². The summed E-state index contributed by atoms with van der Waals surface area (Å²) in [4.78, 5) is 48.4. The normalized spacial score (nSPS) is 16.0. The summed E-state index contributed by atoms with van der Waals surface area (Å²) in [6.07, 6.45) is 5.96. The third kappa shape index (κ3) is 5.40. The van der Waals surface area contributed by atoms with Crippen LogP contribution in [0.3, 0.4) is 0 Å². The molecule has 8 nitrogen and oxygen atoms in total. The van der Waals surface area contributed by atoms with Gasteiger partial charge in [0.15, 0.2) is 5.13 Å². The van der Waals surface area contributed by atoms with Gasteiger partial charge < -0.3 is 5.11 Å². The first-order valence-electron chi connectivity index (χ1n) is 12.8. The molecule has 1 unspecified atom stereocenters. The molecule has 1 fully saturated rings. The Kier molecular flexibility index (Phi) is 7.44. The quantitative estimate of drug-likeness (QED) is 0.405. The van der Waals surface area contributed by atoms with E-state index in [4.69, 9.17) is 0 Å². The summed E-state index contributed by atoms with van der Waals surface area (Å²) in [5.41, 5.74) is 1.82. The number of benzene rings is 1. The van der Waals surface area contributed by atoms with Gasteiger partial charge in [0, 0.05) is 42.9 Å². The molecule has 1 saturated carbocycles. The number of aromatic nitrogens is 2. The van der Waals surface area contributed by atoms with E-state index in [-0.39, 0.29) is 35.1 Å². The number of hydrogen-bond donors (Lipinski definition) is 1. The van der Waals surface area contributed by atoms with Crippen molar-refractivity contribution in [1.29, 1.82) is 0 Å². The third-order valence-corrected chi connectivity index (χ3v) is 8.50. The number of carbonyl (C=O) groups is 3. The highest BCUT2D eigenvalue weighted by Gasteiger charge is 2.32. The Bertz CT molecular complexity index is 1450. The number of hydrogen-bond acceptors (Lipinski definition) is 6. The number of amides is 2. The molecule has 3 aromatic rings. The van der Waals surface area contributed by atoms with E-state index in [0.29, 0.717) is 46.2 Å². The summed E-state index contributed by atoms with van der Waals surface area (Å²) >= 11 is 0.646. The molecule has 2 amide bonds. The SMILES string of the molecule is CN(C(=O)C(CC(=O)O)CC1CCCC1)c1nc(-c2cc(F)ccc2-c2cnc3c(c2)CC(=O)N3C)c(F)s1. The maximum absolute atomic E-state index is 15.3. The molecule has 2 aromatic heterocycles. The highest BCUT2D eigenvalue weighted by atomic mass is 32.1. The maximum atomic E-state index is 15.3. The largest absolute Gasteiger partial charge is 0.481 e. The summed E-state index contributed by atoms with van der Waals surface area (Å²) < 4.78 is 29.7. The van der Waals surface area contributed by atoms with Crippen LogP contribution in [-0.4, -0.2) is 47.0 Å². The molecule has 1 aliphatic carbocycles. The van der Waals surface area contributed by atoms with E-state index < -0.39 is 28.7 Å². The van der Waals surface area contributed by atoms with Crippen LogP contribution in [0.2, 0.25) is 0 Å². The maximum Gasteiger partial charge on any atom is 0.304 e. The number of anilines is 2. The molecule has 3 heterocycles. The highest BCUT2D eigenvalue weighted by molar-refractivity contribution is 7.14. The number of thiazole rings is 1. The smallest absolute Gasteiger partial charge is 0.304 e. The number of rotatable bonds is 8. The minimum atomic E-state index is -1.06. The second-order valence-corrected chi connectivity index (χ2v) is 11.2. The molecule has 0 saturated heterocycles. The van der Waals surface area contributed by atoms with E-state index in [1.807, 2.05) is 0 Å². The van der Waals surface area contributed by atoms with Crippen molar-refractivity contribution in [3.05, 3.63) is 47.0 Å². The van der Waals surface area contributed by atoms with Crippen molar-refractivity contribution in [2.75, 3.05) is 23.9 Å². The van der Waals surface area contributed by atoms with Crippen LogP contribution in [0.4, 0.5) is 19.7 Å². The van der Waals surface area contributed by atoms with Gasteiger partial charge in [-0.05, 0) is 36.1 Å². The van der Waals surface area contributed by atoms with Gasteiger partial charge in [-0.3, -0.25) is 24.2 Å². The Labute approximate surface area is 228 Å². The van der Waals surface area contributed by atoms with Crippen molar-refractivity contribution < 1.29 is 28.3 Å². The average molecular weight is 555 g/mol. The first kappa shape index (κ1) is 26.9. The van der Waals surface area contributed by atoms with Crippen molar-refractivity contribution in [2.45, 2.75) is 44.9 Å². The van der Waals surface area contributed by atoms with Crippen LogP contribution in [0.15, 0.2) is 30.5 Å². The lowest BCUT2D eigenvalue weighted by Crippen LogP contribution is -2.35. The van der Waals surface area contributed by atoms with Crippen LogP contribution in [0.1, 0.15) is 44.1 Å². The summed E-state index contributed by atoms with van der Waals surface area (Å²) in [5.74, 6) is -2.08. The van der Waals surface area contributed by atoms with E-state index in [0.717, 1.165) is 25.7 Å². The van der Waals surface area contributed by atoms with E-state index >= 15 is 4.39 Å². The number of carbonyl (C=O) groups excluding carboxylic acids is 2. The van der Waals surface area contributed by atoms with E-state index in [1.54, 1.807) is 19.3 Å². The monoisotopic (exact) mass is 554 g/mol. The van der Waals surface area contributed by atoms with Gasteiger partial charge in [-0.25, -0.2) is 14.4 Å². The van der Waals surface area contributed by atoms with Crippen molar-refractivity contribution in [2.24, 2.45) is 11.8 Å². The zero-order valence-electron chi connectivity index (χ0n) is 21.6. The lowest BCUT2D eigenvalue weighted by molar-refractivity contribution is -0.140. The number of pyridine rings is 1. The molecule has 204 valence electrons. The Morgan fingerprint density at radius 3 is 2.67 bits per heavy atom. The average Bonchev–Trinajstić information content (AvgIpc) is 3.62. The molecule has 0 radical (unpaired) electrons. The standard InChI is InChI=1S/C28H28F2N4O4S/c1-33-22(35)11-16-10-18(14-31-26(16)33)20-8-7-19(29)13-21(20)24-25(30)39-28(32-24)34(2)27(38)17(12-23(36)37)9-15-5-3-4-6-15/h7-8,10,13-15,17H,3-6,9,11-12H2,1-2H3,(H,36,37). The van der Waals surface area contributed by atoms with Gasteiger partial charge in [0.2, 0.25) is 16.9 Å². The van der Waals surface area contributed by atoms with E-state index in [1.165, 1.54) is 35.0 Å². The zero-order valence-corrected chi connectivity index (χ0v) is 22.4. The number of fused-ring (bicyclic) bond motifs is 1. The zero-order chi connectivity index (χ0) is 27.8. The second-order valence-electron chi connectivity index (χ2n) is 10.2. The fourth-order valence-corrected chi connectivity index (χ4v) is 6.32. The second kappa shape index (κ2) is 10.8. The number of aliphatic carboxylic acids is 1. The molecule has 2 aliphatic rings. The molecule has 1 aliphatic heterocycles. The van der Waals surface area contributed by atoms with Crippen LogP contribution in [0, 0.1) is 22.8 Å². The molecule has 1 atom stereocenters. The van der Waals surface area contributed by atoms with E-state index in [2.05, 4.69) is 9.97 Å². The van der Waals surface area contributed by atoms with E-state index in [9.17, 15) is 23.9 Å². The summed E-state index contributed by atoms with van der Waals surface area (Å²) in [6, 6.07) is 5.72. The topological polar surface area (TPSA) is 104 Å². The van der Waals surface area contributed by atoms with Gasteiger partial charge in [-0.2, -0.15) is 4.39 Å². The van der Waals surface area contributed by atoms with Crippen molar-refractivity contribution in [3.63, 3.8) is 0 Å². The molecule has 0 spiro atoms. The molecule has 1 N–H and O–H groups in total. The molecule has 5 rings (SSSR count). The highest BCUT2D eigenvalue weighted by Crippen LogP contribution is 2.40. The Hall–Kier alpha value is -3.73. The number of nitrogens with zero attached hydrogens (tertiary/aromatic N) is 4. The minimum absolute atomic E-state index is 0.0591. The first-order valence-corrected chi connectivity index (χ1v) is 13.7. The van der Waals surface area contributed by atoms with Gasteiger partial charge in [-0.15, -0.1) is 0 Å². The van der Waals surface area contributed by atoms with Gasteiger partial charge in [0.05, 0.1) is 12.8 Å². The summed E-state index contributed by atoms with van der Waals surface area (Å²) in [7, 11) is 3.10.